The summed E-state index contributed by atoms with van der Waals surface area (Å²) in [5, 5.41) is 0. The normalized spacial score (nSPS) is 13.7. The Labute approximate surface area is 105 Å². The SMILES string of the molecule is CCCc1ccc(C(N)CCC(C)(C)N)cc1. The minimum atomic E-state index is -0.125. The fourth-order valence-corrected chi connectivity index (χ4v) is 1.91. The van der Waals surface area contributed by atoms with Gasteiger partial charge in [0.15, 0.2) is 0 Å². The van der Waals surface area contributed by atoms with Crippen molar-refractivity contribution in [1.82, 2.24) is 0 Å². The number of aryl methyl sites for hydroxylation is 1. The predicted molar refractivity (Wildman–Crippen MR) is 74.9 cm³/mol. The molecule has 1 rings (SSSR count). The number of hydrogen-bond donors (Lipinski definition) is 2. The van der Waals surface area contributed by atoms with Gasteiger partial charge < -0.3 is 11.5 Å². The highest BCUT2D eigenvalue weighted by Gasteiger charge is 2.14. The van der Waals surface area contributed by atoms with E-state index in [-0.39, 0.29) is 11.6 Å². The van der Waals surface area contributed by atoms with Crippen LogP contribution < -0.4 is 11.5 Å². The van der Waals surface area contributed by atoms with E-state index in [0.29, 0.717) is 0 Å². The van der Waals surface area contributed by atoms with E-state index >= 15 is 0 Å². The minimum Gasteiger partial charge on any atom is -0.326 e. The fourth-order valence-electron chi connectivity index (χ4n) is 1.91. The molecule has 1 aromatic carbocycles. The van der Waals surface area contributed by atoms with E-state index in [2.05, 4.69) is 31.2 Å². The van der Waals surface area contributed by atoms with Gasteiger partial charge in [-0.1, -0.05) is 37.6 Å². The zero-order chi connectivity index (χ0) is 12.9. The Bertz CT molecular complexity index is 322. The van der Waals surface area contributed by atoms with E-state index in [0.717, 1.165) is 19.3 Å². The summed E-state index contributed by atoms with van der Waals surface area (Å²) in [5.74, 6) is 0. The first kappa shape index (κ1) is 14.2. The highest BCUT2D eigenvalue weighted by molar-refractivity contribution is 5.24. The molecule has 0 aromatic heterocycles. The topological polar surface area (TPSA) is 52.0 Å². The smallest absolute Gasteiger partial charge is 0.0295 e. The second-order valence-corrected chi connectivity index (χ2v) is 5.63. The number of benzene rings is 1. The molecule has 0 aliphatic carbocycles. The molecular formula is C15H26N2. The number of rotatable bonds is 6. The first-order valence-electron chi connectivity index (χ1n) is 6.55. The van der Waals surface area contributed by atoms with Crippen molar-refractivity contribution in [2.45, 2.75) is 58.0 Å². The molecule has 2 heteroatoms. The van der Waals surface area contributed by atoms with Gasteiger partial charge in [0.2, 0.25) is 0 Å². The van der Waals surface area contributed by atoms with Gasteiger partial charge in [0, 0.05) is 11.6 Å². The van der Waals surface area contributed by atoms with Crippen LogP contribution in [-0.2, 0) is 6.42 Å². The monoisotopic (exact) mass is 234 g/mol. The first-order chi connectivity index (χ1) is 7.92. The number of hydrogen-bond acceptors (Lipinski definition) is 2. The third-order valence-electron chi connectivity index (χ3n) is 3.05. The molecule has 0 fully saturated rings. The Morgan fingerprint density at radius 3 is 2.24 bits per heavy atom. The summed E-state index contributed by atoms with van der Waals surface area (Å²) in [7, 11) is 0. The molecule has 17 heavy (non-hydrogen) atoms. The lowest BCUT2D eigenvalue weighted by atomic mass is 9.93. The summed E-state index contributed by atoms with van der Waals surface area (Å²) in [6.07, 6.45) is 4.22. The molecule has 2 nitrogen and oxygen atoms in total. The van der Waals surface area contributed by atoms with Crippen molar-refractivity contribution in [3.63, 3.8) is 0 Å². The molecule has 0 amide bonds. The Hall–Kier alpha value is -0.860. The summed E-state index contributed by atoms with van der Waals surface area (Å²) in [5.41, 5.74) is 14.6. The van der Waals surface area contributed by atoms with Crippen LogP contribution in [0.1, 0.15) is 57.2 Å². The van der Waals surface area contributed by atoms with Crippen molar-refractivity contribution in [2.24, 2.45) is 11.5 Å². The van der Waals surface area contributed by atoms with Crippen LogP contribution in [0, 0.1) is 0 Å². The maximum absolute atomic E-state index is 6.17. The van der Waals surface area contributed by atoms with Gasteiger partial charge >= 0.3 is 0 Å². The average molecular weight is 234 g/mol. The van der Waals surface area contributed by atoms with Crippen molar-refractivity contribution in [3.05, 3.63) is 35.4 Å². The van der Waals surface area contributed by atoms with Crippen LogP contribution in [0.15, 0.2) is 24.3 Å². The van der Waals surface area contributed by atoms with Gasteiger partial charge in [-0.05, 0) is 44.2 Å². The zero-order valence-electron chi connectivity index (χ0n) is 11.4. The summed E-state index contributed by atoms with van der Waals surface area (Å²) < 4.78 is 0. The first-order valence-corrected chi connectivity index (χ1v) is 6.55. The quantitative estimate of drug-likeness (QED) is 0.794. The van der Waals surface area contributed by atoms with Crippen LogP contribution in [0.5, 0.6) is 0 Å². The zero-order valence-corrected chi connectivity index (χ0v) is 11.4. The second kappa shape index (κ2) is 6.18. The fraction of sp³-hybridized carbons (Fsp3) is 0.600. The van der Waals surface area contributed by atoms with Crippen molar-refractivity contribution in [2.75, 3.05) is 0 Å². The Morgan fingerprint density at radius 1 is 1.18 bits per heavy atom. The molecule has 96 valence electrons. The van der Waals surface area contributed by atoms with E-state index in [1.807, 2.05) is 13.8 Å². The molecule has 0 heterocycles. The molecule has 1 atom stereocenters. The lowest BCUT2D eigenvalue weighted by Gasteiger charge is -2.21. The van der Waals surface area contributed by atoms with Crippen LogP contribution in [0.3, 0.4) is 0 Å². The lowest BCUT2D eigenvalue weighted by molar-refractivity contribution is 0.433. The van der Waals surface area contributed by atoms with Gasteiger partial charge in [0.25, 0.3) is 0 Å². The predicted octanol–water partition coefficient (Wildman–Crippen LogP) is 3.16. The molecule has 1 aromatic rings. The van der Waals surface area contributed by atoms with Crippen molar-refractivity contribution >= 4 is 0 Å². The third-order valence-corrected chi connectivity index (χ3v) is 3.05. The van der Waals surface area contributed by atoms with Gasteiger partial charge in [-0.2, -0.15) is 0 Å². The molecule has 0 bridgehead atoms. The molecule has 0 saturated heterocycles. The summed E-state index contributed by atoms with van der Waals surface area (Å²) in [6, 6.07) is 8.78. The number of nitrogens with two attached hydrogens (primary N) is 2. The lowest BCUT2D eigenvalue weighted by Crippen LogP contribution is -2.32. The molecule has 0 radical (unpaired) electrons. The van der Waals surface area contributed by atoms with Gasteiger partial charge in [0.05, 0.1) is 0 Å². The van der Waals surface area contributed by atoms with Crippen molar-refractivity contribution < 1.29 is 0 Å². The molecule has 1 unspecified atom stereocenters. The Balaban J connectivity index is 2.54. The summed E-state index contributed by atoms with van der Waals surface area (Å²) in [4.78, 5) is 0. The van der Waals surface area contributed by atoms with Crippen LogP contribution in [0.2, 0.25) is 0 Å². The molecule has 0 aliphatic rings. The second-order valence-electron chi connectivity index (χ2n) is 5.63. The molecule has 0 spiro atoms. The molecule has 4 N–H and O–H groups in total. The van der Waals surface area contributed by atoms with Crippen LogP contribution in [0.25, 0.3) is 0 Å². The Kier molecular flexibility index (Phi) is 5.16. The highest BCUT2D eigenvalue weighted by atomic mass is 14.7. The average Bonchev–Trinajstić information content (AvgIpc) is 2.26. The van der Waals surface area contributed by atoms with Gasteiger partial charge in [0.1, 0.15) is 0 Å². The van der Waals surface area contributed by atoms with E-state index in [1.54, 1.807) is 0 Å². The molecular weight excluding hydrogens is 208 g/mol. The van der Waals surface area contributed by atoms with Crippen LogP contribution in [-0.4, -0.2) is 5.54 Å². The van der Waals surface area contributed by atoms with Gasteiger partial charge in [-0.25, -0.2) is 0 Å². The van der Waals surface area contributed by atoms with Crippen molar-refractivity contribution in [3.8, 4) is 0 Å². The van der Waals surface area contributed by atoms with Gasteiger partial charge in [-0.15, -0.1) is 0 Å². The van der Waals surface area contributed by atoms with E-state index < -0.39 is 0 Å². The standard InChI is InChI=1S/C15H26N2/c1-4-5-12-6-8-13(9-7-12)14(16)10-11-15(2,3)17/h6-9,14H,4-5,10-11,16-17H2,1-3H3. The van der Waals surface area contributed by atoms with Gasteiger partial charge in [-0.3, -0.25) is 0 Å². The maximum Gasteiger partial charge on any atom is 0.0295 e. The van der Waals surface area contributed by atoms with E-state index in [4.69, 9.17) is 11.5 Å². The third kappa shape index (κ3) is 5.33. The largest absolute Gasteiger partial charge is 0.326 e. The van der Waals surface area contributed by atoms with Crippen LogP contribution in [0.4, 0.5) is 0 Å². The minimum absolute atomic E-state index is 0.105. The molecule has 0 saturated carbocycles. The summed E-state index contributed by atoms with van der Waals surface area (Å²) >= 11 is 0. The Morgan fingerprint density at radius 2 is 1.76 bits per heavy atom. The highest BCUT2D eigenvalue weighted by Crippen LogP contribution is 2.20. The van der Waals surface area contributed by atoms with Crippen LogP contribution >= 0.6 is 0 Å². The summed E-state index contributed by atoms with van der Waals surface area (Å²) in [6.45, 7) is 6.29. The van der Waals surface area contributed by atoms with E-state index in [1.165, 1.54) is 17.5 Å². The van der Waals surface area contributed by atoms with Crippen molar-refractivity contribution in [1.29, 1.82) is 0 Å². The molecule has 0 aliphatic heterocycles. The van der Waals surface area contributed by atoms with E-state index in [9.17, 15) is 0 Å². The maximum atomic E-state index is 6.17.